The number of hydrogen-bond donors (Lipinski definition) is 4. The largest absolute Gasteiger partial charge is 0.455 e. The van der Waals surface area contributed by atoms with Crippen molar-refractivity contribution < 1.29 is 34.7 Å². The van der Waals surface area contributed by atoms with Gasteiger partial charge in [-0.15, -0.1) is 0 Å². The number of cyclic esters (lactones) is 1. The Hall–Kier alpha value is -1.25. The quantitative estimate of drug-likeness (QED) is 0.0423. The maximum absolute atomic E-state index is 11.7. The van der Waals surface area contributed by atoms with Gasteiger partial charge in [0, 0.05) is 12.0 Å². The van der Waals surface area contributed by atoms with Crippen LogP contribution in [0, 0.1) is 0 Å². The predicted octanol–water partition coefficient (Wildman–Crippen LogP) is 7.62. The first-order valence-electron chi connectivity index (χ1n) is 18.2. The summed E-state index contributed by atoms with van der Waals surface area (Å²) in [5, 5.41) is 41.8. The van der Waals surface area contributed by atoms with E-state index in [0.29, 0.717) is 44.1 Å². The Bertz CT molecular complexity index is 797. The van der Waals surface area contributed by atoms with Crippen LogP contribution in [-0.4, -0.2) is 69.1 Å². The highest BCUT2D eigenvalue weighted by Gasteiger charge is 2.34. The number of allylic oxidation sites excluding steroid dienone is 2. The third kappa shape index (κ3) is 17.4. The van der Waals surface area contributed by atoms with Crippen LogP contribution in [0.4, 0.5) is 0 Å². The second-order valence-corrected chi connectivity index (χ2v) is 13.5. The molecule has 0 spiro atoms. The molecule has 44 heavy (non-hydrogen) atoms. The zero-order chi connectivity index (χ0) is 32.0. The van der Waals surface area contributed by atoms with Gasteiger partial charge in [-0.05, 0) is 83.6 Å². The second kappa shape index (κ2) is 24.0. The van der Waals surface area contributed by atoms with Crippen molar-refractivity contribution in [3.8, 4) is 0 Å². The topological polar surface area (TPSA) is 116 Å². The van der Waals surface area contributed by atoms with Gasteiger partial charge in [-0.3, -0.25) is 0 Å². The molecule has 0 aromatic rings. The number of ether oxygens (including phenoxy) is 2. The molecule has 7 atom stereocenters. The van der Waals surface area contributed by atoms with Crippen LogP contribution in [0.5, 0.6) is 0 Å². The zero-order valence-electron chi connectivity index (χ0n) is 28.1. The smallest absolute Gasteiger partial charge is 0.334 e. The number of unbranched alkanes of at least 4 members (excludes halogenated alkanes) is 11. The monoisotopic (exact) mass is 622 g/mol. The maximum atomic E-state index is 11.7. The van der Waals surface area contributed by atoms with Gasteiger partial charge >= 0.3 is 5.97 Å². The molecule has 0 radical (unpaired) electrons. The van der Waals surface area contributed by atoms with Crippen LogP contribution in [0.1, 0.15) is 162 Å². The Morgan fingerprint density at radius 3 is 1.86 bits per heavy atom. The molecule has 2 heterocycles. The molecule has 7 nitrogen and oxygen atoms in total. The van der Waals surface area contributed by atoms with E-state index in [0.717, 1.165) is 44.9 Å². The Labute approximate surface area is 268 Å². The van der Waals surface area contributed by atoms with E-state index in [-0.39, 0.29) is 24.3 Å². The Morgan fingerprint density at radius 2 is 1.25 bits per heavy atom. The summed E-state index contributed by atoms with van der Waals surface area (Å²) in [7, 11) is 0. The summed E-state index contributed by atoms with van der Waals surface area (Å²) in [6.07, 6.45) is 26.3. The first-order valence-corrected chi connectivity index (χ1v) is 18.2. The lowest BCUT2D eigenvalue weighted by Crippen LogP contribution is -2.31. The molecule has 2 aliphatic rings. The van der Waals surface area contributed by atoms with Gasteiger partial charge in [-0.1, -0.05) is 89.7 Å². The zero-order valence-corrected chi connectivity index (χ0v) is 28.1. The Kier molecular flexibility index (Phi) is 21.2. The van der Waals surface area contributed by atoms with Crippen molar-refractivity contribution in [1.29, 1.82) is 0 Å². The number of aliphatic hydroxyl groups is 4. The minimum Gasteiger partial charge on any atom is -0.455 e. The van der Waals surface area contributed by atoms with Gasteiger partial charge < -0.3 is 29.9 Å². The molecule has 2 rings (SSSR count). The maximum Gasteiger partial charge on any atom is 0.334 e. The molecule has 0 saturated carbocycles. The number of carbonyl (C=O) groups is 1. The summed E-state index contributed by atoms with van der Waals surface area (Å²) in [4.78, 5) is 11.7. The van der Waals surface area contributed by atoms with Crippen molar-refractivity contribution in [3.05, 3.63) is 23.8 Å². The molecule has 0 aromatic carbocycles. The van der Waals surface area contributed by atoms with E-state index in [9.17, 15) is 25.2 Å². The summed E-state index contributed by atoms with van der Waals surface area (Å²) < 4.78 is 11.1. The van der Waals surface area contributed by atoms with Crippen LogP contribution in [0.25, 0.3) is 0 Å². The average Bonchev–Trinajstić information content (AvgIpc) is 3.61. The van der Waals surface area contributed by atoms with Crippen molar-refractivity contribution in [2.45, 2.75) is 204 Å². The van der Waals surface area contributed by atoms with E-state index in [4.69, 9.17) is 9.47 Å². The molecule has 0 aliphatic carbocycles. The lowest BCUT2D eigenvalue weighted by Gasteiger charge is -2.22. The van der Waals surface area contributed by atoms with Gasteiger partial charge in [-0.2, -0.15) is 0 Å². The lowest BCUT2D eigenvalue weighted by atomic mass is 9.98. The summed E-state index contributed by atoms with van der Waals surface area (Å²) in [5.41, 5.74) is 0.554. The summed E-state index contributed by atoms with van der Waals surface area (Å²) >= 11 is 0. The highest BCUT2D eigenvalue weighted by molar-refractivity contribution is 5.90. The van der Waals surface area contributed by atoms with E-state index in [1.807, 2.05) is 0 Å². The summed E-state index contributed by atoms with van der Waals surface area (Å²) in [5.74, 6) is -0.332. The molecular weight excluding hydrogens is 556 g/mol. The van der Waals surface area contributed by atoms with Gasteiger partial charge in [-0.25, -0.2) is 4.79 Å². The molecule has 1 saturated heterocycles. The highest BCUT2D eigenvalue weighted by Crippen LogP contribution is 2.28. The number of esters is 1. The summed E-state index contributed by atoms with van der Waals surface area (Å²) in [6.45, 7) is 4.07. The van der Waals surface area contributed by atoms with E-state index >= 15 is 0 Å². The van der Waals surface area contributed by atoms with Gasteiger partial charge in [0.1, 0.15) is 6.10 Å². The van der Waals surface area contributed by atoms with Crippen LogP contribution in [0.15, 0.2) is 23.8 Å². The number of aliphatic hydroxyl groups excluding tert-OH is 4. The average molecular weight is 623 g/mol. The first kappa shape index (κ1) is 38.9. The van der Waals surface area contributed by atoms with Crippen molar-refractivity contribution >= 4 is 5.97 Å². The molecular formula is C37H66O7. The molecule has 7 heteroatoms. The third-order valence-electron chi connectivity index (χ3n) is 9.27. The fourth-order valence-electron chi connectivity index (χ4n) is 6.48. The van der Waals surface area contributed by atoms with Crippen LogP contribution in [-0.2, 0) is 14.3 Å². The van der Waals surface area contributed by atoms with Crippen molar-refractivity contribution in [1.82, 2.24) is 0 Å². The van der Waals surface area contributed by atoms with E-state index in [1.54, 1.807) is 13.0 Å². The molecule has 0 aromatic heterocycles. The molecule has 1 fully saturated rings. The van der Waals surface area contributed by atoms with Gasteiger partial charge in [0.05, 0.1) is 36.6 Å². The van der Waals surface area contributed by atoms with Crippen LogP contribution in [0.3, 0.4) is 0 Å². The van der Waals surface area contributed by atoms with Crippen molar-refractivity contribution in [3.63, 3.8) is 0 Å². The number of rotatable bonds is 27. The highest BCUT2D eigenvalue weighted by atomic mass is 16.5. The number of hydrogen-bond acceptors (Lipinski definition) is 7. The van der Waals surface area contributed by atoms with E-state index < -0.39 is 24.4 Å². The molecule has 1 unspecified atom stereocenters. The lowest BCUT2D eigenvalue weighted by molar-refractivity contribution is -0.139. The van der Waals surface area contributed by atoms with Crippen LogP contribution in [0.2, 0.25) is 0 Å². The summed E-state index contributed by atoms with van der Waals surface area (Å²) in [6, 6.07) is 0. The molecule has 0 bridgehead atoms. The first-order chi connectivity index (χ1) is 21.3. The molecule has 0 amide bonds. The van der Waals surface area contributed by atoms with Gasteiger partial charge in [0.25, 0.3) is 0 Å². The van der Waals surface area contributed by atoms with Gasteiger partial charge in [0.15, 0.2) is 0 Å². The minimum atomic E-state index is -0.574. The SMILES string of the molecule is CCCCCCCCCCCC/C=C\CC[C@@H](O)[C@H]1CC[C@H]([C@H](O)CCCC(O)CCCC[C@@H](O)CC2=C[C@H](C)OC2=O)O1. The second-order valence-electron chi connectivity index (χ2n) is 13.5. The Balaban J connectivity index is 1.43. The van der Waals surface area contributed by atoms with E-state index in [2.05, 4.69) is 19.1 Å². The van der Waals surface area contributed by atoms with Crippen molar-refractivity contribution in [2.75, 3.05) is 0 Å². The van der Waals surface area contributed by atoms with Crippen LogP contribution >= 0.6 is 0 Å². The van der Waals surface area contributed by atoms with Crippen molar-refractivity contribution in [2.24, 2.45) is 0 Å². The van der Waals surface area contributed by atoms with E-state index in [1.165, 1.54) is 64.2 Å². The standard InChI is InChI=1S/C37H66O7/c1-3-4-5-6-7-8-9-10-11-12-13-14-15-16-23-33(40)35-25-26-36(44-35)34(41)24-19-22-31(38)20-17-18-21-32(39)28-30-27-29(2)43-37(30)42/h14-15,27,29,31-36,38-41H,3-13,16-26,28H2,1-2H3/b15-14-/t29-,31?,32+,33+,34+,35+,36+/m0/s1. The number of carbonyl (C=O) groups excluding carboxylic acids is 1. The Morgan fingerprint density at radius 1 is 0.705 bits per heavy atom. The fraction of sp³-hybridized carbons (Fsp3) is 0.865. The van der Waals surface area contributed by atoms with Gasteiger partial charge in [0.2, 0.25) is 0 Å². The predicted molar refractivity (Wildman–Crippen MR) is 177 cm³/mol. The third-order valence-corrected chi connectivity index (χ3v) is 9.27. The minimum absolute atomic E-state index is 0.204. The fourth-order valence-corrected chi connectivity index (χ4v) is 6.48. The normalized spacial score (nSPS) is 23.2. The molecule has 256 valence electrons. The van der Waals surface area contributed by atoms with Crippen LogP contribution < -0.4 is 0 Å². The molecule has 2 aliphatic heterocycles. The molecule has 4 N–H and O–H groups in total.